The lowest BCUT2D eigenvalue weighted by atomic mass is 9.78. The molecule has 2 aromatic rings. The van der Waals surface area contributed by atoms with Crippen molar-refractivity contribution in [3.05, 3.63) is 47.1 Å². The Morgan fingerprint density at radius 1 is 1.29 bits per heavy atom. The Bertz CT molecular complexity index is 705. The molecule has 1 aliphatic heterocycles. The summed E-state index contributed by atoms with van der Waals surface area (Å²) in [6.07, 6.45) is 4.63. The zero-order chi connectivity index (χ0) is 16.6. The van der Waals surface area contributed by atoms with Crippen molar-refractivity contribution in [2.45, 2.75) is 44.1 Å². The second-order valence-electron chi connectivity index (χ2n) is 7.32. The largest absolute Gasteiger partial charge is 0.338 e. The van der Waals surface area contributed by atoms with Crippen molar-refractivity contribution in [1.82, 2.24) is 20.4 Å². The summed E-state index contributed by atoms with van der Waals surface area (Å²) in [5.41, 5.74) is 2.51. The van der Waals surface area contributed by atoms with Crippen LogP contribution < -0.4 is 5.32 Å². The first-order valence-corrected chi connectivity index (χ1v) is 9.01. The van der Waals surface area contributed by atoms with Crippen LogP contribution in [-0.4, -0.2) is 41.7 Å². The summed E-state index contributed by atoms with van der Waals surface area (Å²) in [6, 6.07) is 8.99. The van der Waals surface area contributed by atoms with Gasteiger partial charge in [-0.1, -0.05) is 47.8 Å². The Hall–Kier alpha value is -1.72. The van der Waals surface area contributed by atoms with Gasteiger partial charge in [0.05, 0.1) is 11.5 Å². The van der Waals surface area contributed by atoms with Crippen molar-refractivity contribution in [1.29, 1.82) is 0 Å². The fraction of sp³-hybridized carbons (Fsp3) is 0.579. The molecule has 1 saturated heterocycles. The van der Waals surface area contributed by atoms with Crippen molar-refractivity contribution in [3.8, 4) is 0 Å². The van der Waals surface area contributed by atoms with Gasteiger partial charge in [-0.25, -0.2) is 0 Å². The molecule has 0 bridgehead atoms. The van der Waals surface area contributed by atoms with Crippen molar-refractivity contribution in [2.24, 2.45) is 0 Å². The van der Waals surface area contributed by atoms with Crippen LogP contribution in [0.3, 0.4) is 0 Å². The van der Waals surface area contributed by atoms with Crippen LogP contribution >= 0.6 is 0 Å². The van der Waals surface area contributed by atoms with Gasteiger partial charge < -0.3 is 9.84 Å². The maximum Gasteiger partial charge on any atom is 0.237 e. The fourth-order valence-electron chi connectivity index (χ4n) is 4.21. The van der Waals surface area contributed by atoms with E-state index in [-0.39, 0.29) is 11.5 Å². The van der Waals surface area contributed by atoms with Gasteiger partial charge in [-0.3, -0.25) is 4.90 Å². The highest BCUT2D eigenvalue weighted by molar-refractivity contribution is 5.36. The van der Waals surface area contributed by atoms with E-state index in [1.54, 1.807) is 0 Å². The van der Waals surface area contributed by atoms with Gasteiger partial charge in [0.25, 0.3) is 0 Å². The predicted octanol–water partition coefficient (Wildman–Crippen LogP) is 2.81. The van der Waals surface area contributed by atoms with Crippen LogP contribution in [-0.2, 0) is 5.41 Å². The number of piperazine rings is 1. The molecule has 1 aliphatic carbocycles. The summed E-state index contributed by atoms with van der Waals surface area (Å²) in [7, 11) is 2.13. The third-order valence-electron chi connectivity index (χ3n) is 5.69. The summed E-state index contributed by atoms with van der Waals surface area (Å²) >= 11 is 0. The normalized spacial score (nSPS) is 24.3. The topological polar surface area (TPSA) is 54.2 Å². The molecule has 2 heterocycles. The number of rotatable bonds is 3. The summed E-state index contributed by atoms with van der Waals surface area (Å²) in [5.74, 6) is 1.62. The van der Waals surface area contributed by atoms with E-state index in [9.17, 15) is 0 Å². The van der Waals surface area contributed by atoms with Crippen LogP contribution in [0.4, 0.5) is 0 Å². The molecule has 0 amide bonds. The van der Waals surface area contributed by atoms with Crippen molar-refractivity contribution in [3.63, 3.8) is 0 Å². The summed E-state index contributed by atoms with van der Waals surface area (Å²) < 4.78 is 5.83. The average Bonchev–Trinajstić information content (AvgIpc) is 3.25. The third kappa shape index (κ3) is 2.66. The van der Waals surface area contributed by atoms with Gasteiger partial charge in [0.15, 0.2) is 5.82 Å². The zero-order valence-corrected chi connectivity index (χ0v) is 14.6. The number of hydrogen-bond donors (Lipinski definition) is 1. The molecule has 1 saturated carbocycles. The minimum atomic E-state index is -0.0993. The van der Waals surface area contributed by atoms with E-state index in [0.717, 1.165) is 44.2 Å². The highest BCUT2D eigenvalue weighted by atomic mass is 16.5. The Labute approximate surface area is 143 Å². The van der Waals surface area contributed by atoms with Gasteiger partial charge >= 0.3 is 0 Å². The average molecular weight is 326 g/mol. The number of aryl methyl sites for hydroxylation is 1. The van der Waals surface area contributed by atoms with Gasteiger partial charge in [0.2, 0.25) is 5.89 Å². The van der Waals surface area contributed by atoms with E-state index in [1.165, 1.54) is 24.0 Å². The molecule has 1 aromatic carbocycles. The number of aromatic nitrogens is 2. The van der Waals surface area contributed by atoms with E-state index in [0.29, 0.717) is 0 Å². The summed E-state index contributed by atoms with van der Waals surface area (Å²) in [5, 5.41) is 7.79. The second-order valence-corrected chi connectivity index (χ2v) is 7.32. The number of nitrogens with zero attached hydrogens (tertiary/aromatic N) is 3. The van der Waals surface area contributed by atoms with Crippen LogP contribution in [0, 0.1) is 6.92 Å². The third-order valence-corrected chi connectivity index (χ3v) is 5.69. The summed E-state index contributed by atoms with van der Waals surface area (Å²) in [6.45, 7) is 5.06. The number of likely N-dealkylation sites (N-methyl/N-ethyl adjacent to an activating group) is 1. The van der Waals surface area contributed by atoms with Gasteiger partial charge in [0.1, 0.15) is 0 Å². The molecular formula is C19H26N4O. The van der Waals surface area contributed by atoms with Crippen molar-refractivity contribution in [2.75, 3.05) is 26.7 Å². The Morgan fingerprint density at radius 3 is 2.88 bits per heavy atom. The molecule has 1 atom stereocenters. The monoisotopic (exact) mass is 326 g/mol. The molecular weight excluding hydrogens is 300 g/mol. The lowest BCUT2D eigenvalue weighted by Gasteiger charge is -2.30. The first-order valence-electron chi connectivity index (χ1n) is 9.01. The van der Waals surface area contributed by atoms with E-state index in [4.69, 9.17) is 9.51 Å². The minimum absolute atomic E-state index is 0.0993. The molecule has 1 aromatic heterocycles. The smallest absolute Gasteiger partial charge is 0.237 e. The van der Waals surface area contributed by atoms with E-state index in [1.807, 2.05) is 0 Å². The molecule has 1 unspecified atom stereocenters. The van der Waals surface area contributed by atoms with Gasteiger partial charge in [-0.05, 0) is 32.4 Å². The Kier molecular flexibility index (Phi) is 4.14. The number of nitrogens with one attached hydrogen (secondary N) is 1. The van der Waals surface area contributed by atoms with Crippen LogP contribution in [0.15, 0.2) is 28.8 Å². The van der Waals surface area contributed by atoms with Gasteiger partial charge in [-0.2, -0.15) is 4.98 Å². The zero-order valence-electron chi connectivity index (χ0n) is 14.6. The molecule has 4 rings (SSSR count). The quantitative estimate of drug-likeness (QED) is 0.940. The molecule has 128 valence electrons. The molecule has 5 heteroatoms. The minimum Gasteiger partial charge on any atom is -0.338 e. The van der Waals surface area contributed by atoms with Crippen LogP contribution in [0.2, 0.25) is 0 Å². The van der Waals surface area contributed by atoms with E-state index in [2.05, 4.69) is 53.6 Å². The summed E-state index contributed by atoms with van der Waals surface area (Å²) in [4.78, 5) is 7.19. The van der Waals surface area contributed by atoms with Crippen LogP contribution in [0.25, 0.3) is 0 Å². The lowest BCUT2D eigenvalue weighted by molar-refractivity contribution is 0.190. The van der Waals surface area contributed by atoms with E-state index >= 15 is 0 Å². The maximum atomic E-state index is 5.83. The fourth-order valence-corrected chi connectivity index (χ4v) is 4.21. The Balaban J connectivity index is 1.70. The molecule has 0 spiro atoms. The van der Waals surface area contributed by atoms with Gasteiger partial charge in [0, 0.05) is 19.6 Å². The molecule has 0 radical (unpaired) electrons. The van der Waals surface area contributed by atoms with Crippen LogP contribution in [0.1, 0.15) is 54.6 Å². The molecule has 1 N–H and O–H groups in total. The second kappa shape index (κ2) is 6.30. The maximum absolute atomic E-state index is 5.83. The molecule has 5 nitrogen and oxygen atoms in total. The number of benzene rings is 1. The highest BCUT2D eigenvalue weighted by Gasteiger charge is 2.43. The standard InChI is InChI=1S/C19H26N4O/c1-14-6-5-7-15(12-14)19(8-3-4-9-19)18-21-17(22-24-18)16-13-20-10-11-23(16)2/h5-7,12,16,20H,3-4,8-11,13H2,1-2H3. The lowest BCUT2D eigenvalue weighted by Crippen LogP contribution is -2.44. The predicted molar refractivity (Wildman–Crippen MR) is 93.0 cm³/mol. The van der Waals surface area contributed by atoms with Crippen molar-refractivity contribution >= 4 is 0 Å². The highest BCUT2D eigenvalue weighted by Crippen LogP contribution is 2.46. The Morgan fingerprint density at radius 2 is 2.12 bits per heavy atom. The first-order chi connectivity index (χ1) is 11.7. The number of hydrogen-bond acceptors (Lipinski definition) is 5. The van der Waals surface area contributed by atoms with Crippen LogP contribution in [0.5, 0.6) is 0 Å². The van der Waals surface area contributed by atoms with Gasteiger partial charge in [-0.15, -0.1) is 0 Å². The molecule has 24 heavy (non-hydrogen) atoms. The first kappa shape index (κ1) is 15.8. The molecule has 2 aliphatic rings. The SMILES string of the molecule is Cc1cccc(C2(c3nc(C4CNCCN4C)no3)CCCC2)c1. The van der Waals surface area contributed by atoms with E-state index < -0.39 is 0 Å². The van der Waals surface area contributed by atoms with Crippen molar-refractivity contribution < 1.29 is 4.52 Å². The molecule has 2 fully saturated rings.